The molecule has 0 spiro atoms. The summed E-state index contributed by atoms with van der Waals surface area (Å²) in [5, 5.41) is 1.90. The van der Waals surface area contributed by atoms with E-state index in [9.17, 15) is 4.79 Å². The van der Waals surface area contributed by atoms with Crippen molar-refractivity contribution < 1.29 is 9.53 Å². The van der Waals surface area contributed by atoms with Crippen LogP contribution < -0.4 is 5.43 Å². The number of nitrogens with zero attached hydrogens (tertiary/aromatic N) is 1. The highest BCUT2D eigenvalue weighted by molar-refractivity contribution is 5.93. The Kier molecular flexibility index (Phi) is 4.12. The van der Waals surface area contributed by atoms with Gasteiger partial charge in [-0.15, -0.1) is 0 Å². The van der Waals surface area contributed by atoms with Crippen LogP contribution >= 0.6 is 0 Å². The van der Waals surface area contributed by atoms with E-state index in [0.717, 1.165) is 26.1 Å². The van der Waals surface area contributed by atoms with Gasteiger partial charge in [-0.05, 0) is 25.0 Å². The lowest BCUT2D eigenvalue weighted by molar-refractivity contribution is 0.0237. The van der Waals surface area contributed by atoms with Gasteiger partial charge < -0.3 is 4.74 Å². The Bertz CT molecular complexity index is 361. The summed E-state index contributed by atoms with van der Waals surface area (Å²) in [5.41, 5.74) is 3.59. The average Bonchev–Trinajstić information content (AvgIpc) is 2.40. The molecule has 1 aromatic carbocycles. The molecule has 1 fully saturated rings. The SMILES string of the molecule is CN(NC(=O)c1ccccc1)C1CCOCC1. The number of benzene rings is 1. The molecular formula is C13H18N2O2. The molecule has 1 saturated heterocycles. The van der Waals surface area contributed by atoms with Crippen LogP contribution in [0.4, 0.5) is 0 Å². The van der Waals surface area contributed by atoms with Gasteiger partial charge >= 0.3 is 0 Å². The lowest BCUT2D eigenvalue weighted by atomic mass is 10.1. The number of hydrazine groups is 1. The first-order chi connectivity index (χ1) is 8.27. The normalized spacial score (nSPS) is 17.1. The molecule has 1 aromatic rings. The van der Waals surface area contributed by atoms with Gasteiger partial charge in [0.25, 0.3) is 5.91 Å². The summed E-state index contributed by atoms with van der Waals surface area (Å²) in [6.45, 7) is 1.55. The van der Waals surface area contributed by atoms with E-state index in [2.05, 4.69) is 5.43 Å². The van der Waals surface area contributed by atoms with E-state index in [4.69, 9.17) is 4.74 Å². The molecule has 1 heterocycles. The zero-order valence-electron chi connectivity index (χ0n) is 10.1. The van der Waals surface area contributed by atoms with Crippen LogP contribution in [0.5, 0.6) is 0 Å². The number of nitrogens with one attached hydrogen (secondary N) is 1. The first kappa shape index (κ1) is 12.1. The van der Waals surface area contributed by atoms with Crippen molar-refractivity contribution in [2.24, 2.45) is 0 Å². The average molecular weight is 234 g/mol. The van der Waals surface area contributed by atoms with Gasteiger partial charge in [-0.25, -0.2) is 5.01 Å². The standard InChI is InChI=1S/C13H18N2O2/c1-15(12-7-9-17-10-8-12)14-13(16)11-5-3-2-4-6-11/h2-6,12H,7-10H2,1H3,(H,14,16). The summed E-state index contributed by atoms with van der Waals surface area (Å²) in [6.07, 6.45) is 1.93. The molecule has 0 unspecified atom stereocenters. The van der Waals surface area contributed by atoms with E-state index >= 15 is 0 Å². The van der Waals surface area contributed by atoms with Gasteiger partial charge in [-0.1, -0.05) is 18.2 Å². The Morgan fingerprint density at radius 3 is 2.59 bits per heavy atom. The maximum absolute atomic E-state index is 11.9. The van der Waals surface area contributed by atoms with Crippen LogP contribution in [0.2, 0.25) is 0 Å². The van der Waals surface area contributed by atoms with E-state index < -0.39 is 0 Å². The fourth-order valence-corrected chi connectivity index (χ4v) is 1.98. The first-order valence-corrected chi connectivity index (χ1v) is 5.94. The number of amides is 1. The summed E-state index contributed by atoms with van der Waals surface area (Å²) in [4.78, 5) is 11.9. The molecule has 2 rings (SSSR count). The molecule has 1 N–H and O–H groups in total. The monoisotopic (exact) mass is 234 g/mol. The predicted molar refractivity (Wildman–Crippen MR) is 65.5 cm³/mol. The first-order valence-electron chi connectivity index (χ1n) is 5.94. The van der Waals surface area contributed by atoms with Crippen LogP contribution in [0, 0.1) is 0 Å². The zero-order valence-corrected chi connectivity index (χ0v) is 10.1. The minimum absolute atomic E-state index is 0.0559. The lowest BCUT2D eigenvalue weighted by Crippen LogP contribution is -2.47. The maximum atomic E-state index is 11.9. The molecule has 4 heteroatoms. The van der Waals surface area contributed by atoms with Gasteiger partial charge in [0, 0.05) is 31.9 Å². The van der Waals surface area contributed by atoms with Crippen molar-refractivity contribution in [3.63, 3.8) is 0 Å². The third-order valence-electron chi connectivity index (χ3n) is 3.05. The third kappa shape index (κ3) is 3.28. The van der Waals surface area contributed by atoms with Gasteiger partial charge in [0.05, 0.1) is 0 Å². The number of hydrogen-bond donors (Lipinski definition) is 1. The Hall–Kier alpha value is -1.39. The highest BCUT2D eigenvalue weighted by Crippen LogP contribution is 2.11. The minimum Gasteiger partial charge on any atom is -0.381 e. The quantitative estimate of drug-likeness (QED) is 0.805. The van der Waals surface area contributed by atoms with E-state index in [-0.39, 0.29) is 5.91 Å². The second kappa shape index (κ2) is 5.80. The fourth-order valence-electron chi connectivity index (χ4n) is 1.98. The lowest BCUT2D eigenvalue weighted by Gasteiger charge is -2.31. The van der Waals surface area contributed by atoms with Crippen molar-refractivity contribution in [2.45, 2.75) is 18.9 Å². The van der Waals surface area contributed by atoms with E-state index in [1.165, 1.54) is 0 Å². The number of ether oxygens (including phenoxy) is 1. The zero-order chi connectivity index (χ0) is 12.1. The Balaban J connectivity index is 1.89. The maximum Gasteiger partial charge on any atom is 0.265 e. The second-order valence-corrected chi connectivity index (χ2v) is 4.26. The van der Waals surface area contributed by atoms with Gasteiger partial charge in [0.15, 0.2) is 0 Å². The molecule has 0 bridgehead atoms. The van der Waals surface area contributed by atoms with Crippen LogP contribution in [0.1, 0.15) is 23.2 Å². The predicted octanol–water partition coefficient (Wildman–Crippen LogP) is 1.44. The molecule has 1 aliphatic rings. The van der Waals surface area contributed by atoms with Crippen LogP contribution in [-0.2, 0) is 4.74 Å². The van der Waals surface area contributed by atoms with Crippen molar-refractivity contribution >= 4 is 5.91 Å². The number of hydrogen-bond acceptors (Lipinski definition) is 3. The van der Waals surface area contributed by atoms with Crippen LogP contribution in [0.25, 0.3) is 0 Å². The molecule has 92 valence electrons. The summed E-state index contributed by atoms with van der Waals surface area (Å²) < 4.78 is 5.30. The van der Waals surface area contributed by atoms with Crippen LogP contribution in [0.3, 0.4) is 0 Å². The van der Waals surface area contributed by atoms with Crippen molar-refractivity contribution in [2.75, 3.05) is 20.3 Å². The van der Waals surface area contributed by atoms with Crippen molar-refractivity contribution in [1.82, 2.24) is 10.4 Å². The smallest absolute Gasteiger partial charge is 0.265 e. The molecular weight excluding hydrogens is 216 g/mol. The summed E-state index contributed by atoms with van der Waals surface area (Å²) >= 11 is 0. The molecule has 4 nitrogen and oxygen atoms in total. The van der Waals surface area contributed by atoms with Gasteiger partial charge in [-0.3, -0.25) is 10.2 Å². The summed E-state index contributed by atoms with van der Waals surface area (Å²) in [6, 6.07) is 9.63. The molecule has 0 saturated carbocycles. The van der Waals surface area contributed by atoms with E-state index in [0.29, 0.717) is 11.6 Å². The topological polar surface area (TPSA) is 41.6 Å². The number of rotatable bonds is 3. The van der Waals surface area contributed by atoms with Gasteiger partial charge in [0.2, 0.25) is 0 Å². The Labute approximate surface area is 102 Å². The second-order valence-electron chi connectivity index (χ2n) is 4.26. The van der Waals surface area contributed by atoms with E-state index in [1.54, 1.807) is 0 Å². The largest absolute Gasteiger partial charge is 0.381 e. The highest BCUT2D eigenvalue weighted by atomic mass is 16.5. The van der Waals surface area contributed by atoms with Crippen molar-refractivity contribution in [1.29, 1.82) is 0 Å². The minimum atomic E-state index is -0.0559. The highest BCUT2D eigenvalue weighted by Gasteiger charge is 2.19. The van der Waals surface area contributed by atoms with Crippen molar-refractivity contribution in [3.8, 4) is 0 Å². The number of carbonyl (C=O) groups excluding carboxylic acids is 1. The summed E-state index contributed by atoms with van der Waals surface area (Å²) in [5.74, 6) is -0.0559. The van der Waals surface area contributed by atoms with Crippen LogP contribution in [0.15, 0.2) is 30.3 Å². The Morgan fingerprint density at radius 2 is 1.94 bits per heavy atom. The molecule has 1 aliphatic heterocycles. The molecule has 0 aliphatic carbocycles. The van der Waals surface area contributed by atoms with Gasteiger partial charge in [0.1, 0.15) is 0 Å². The Morgan fingerprint density at radius 1 is 1.29 bits per heavy atom. The van der Waals surface area contributed by atoms with Crippen LogP contribution in [-0.4, -0.2) is 37.2 Å². The summed E-state index contributed by atoms with van der Waals surface area (Å²) in [7, 11) is 1.91. The fraction of sp³-hybridized carbons (Fsp3) is 0.462. The molecule has 1 amide bonds. The molecule has 17 heavy (non-hydrogen) atoms. The molecule has 0 aromatic heterocycles. The van der Waals surface area contributed by atoms with Crippen molar-refractivity contribution in [3.05, 3.63) is 35.9 Å². The molecule has 0 radical (unpaired) electrons. The number of carbonyl (C=O) groups is 1. The third-order valence-corrected chi connectivity index (χ3v) is 3.05. The van der Waals surface area contributed by atoms with Gasteiger partial charge in [-0.2, -0.15) is 0 Å². The van der Waals surface area contributed by atoms with E-state index in [1.807, 2.05) is 42.4 Å². The molecule has 0 atom stereocenters.